The van der Waals surface area contributed by atoms with E-state index in [1.165, 1.54) is 5.69 Å². The molecule has 0 saturated carbocycles. The molecule has 0 atom stereocenters. The van der Waals surface area contributed by atoms with E-state index in [2.05, 4.69) is 16.1 Å². The predicted molar refractivity (Wildman–Crippen MR) is 71.3 cm³/mol. The van der Waals surface area contributed by atoms with Crippen LogP contribution in [-0.2, 0) is 18.3 Å². The van der Waals surface area contributed by atoms with Gasteiger partial charge >= 0.3 is 0 Å². The Morgan fingerprint density at radius 2 is 2.17 bits per heavy atom. The number of aromatic nitrogens is 2. The summed E-state index contributed by atoms with van der Waals surface area (Å²) in [6.07, 6.45) is 2.62. The van der Waals surface area contributed by atoms with Crippen LogP contribution in [0.5, 0.6) is 0 Å². The molecule has 0 spiro atoms. The number of rotatable bonds is 5. The highest BCUT2D eigenvalue weighted by atomic mass is 16.5. The van der Waals surface area contributed by atoms with Gasteiger partial charge in [-0.1, -0.05) is 0 Å². The summed E-state index contributed by atoms with van der Waals surface area (Å²) in [7, 11) is 2.01. The smallest absolute Gasteiger partial charge is 0.0600 e. The third kappa shape index (κ3) is 3.54. The van der Waals surface area contributed by atoms with Gasteiger partial charge in [0.15, 0.2) is 0 Å². The van der Waals surface area contributed by atoms with Crippen molar-refractivity contribution in [2.24, 2.45) is 12.8 Å². The molecule has 1 aromatic rings. The van der Waals surface area contributed by atoms with Gasteiger partial charge in [0, 0.05) is 33.2 Å². The second-order valence-electron chi connectivity index (χ2n) is 5.04. The molecule has 1 aromatic heterocycles. The van der Waals surface area contributed by atoms with Gasteiger partial charge in [0.25, 0.3) is 0 Å². The molecule has 18 heavy (non-hydrogen) atoms. The van der Waals surface area contributed by atoms with Crippen molar-refractivity contribution in [2.45, 2.75) is 32.4 Å². The molecule has 2 N–H and O–H groups in total. The molecule has 2 rings (SSSR count). The summed E-state index contributed by atoms with van der Waals surface area (Å²) >= 11 is 0. The van der Waals surface area contributed by atoms with Crippen molar-refractivity contribution in [1.82, 2.24) is 14.7 Å². The first-order valence-corrected chi connectivity index (χ1v) is 6.72. The highest BCUT2D eigenvalue weighted by Crippen LogP contribution is 2.16. The summed E-state index contributed by atoms with van der Waals surface area (Å²) in [5, 5.41) is 4.38. The van der Waals surface area contributed by atoms with Crippen LogP contribution in [0, 0.1) is 6.92 Å². The molecular weight excluding hydrogens is 228 g/mol. The lowest BCUT2D eigenvalue weighted by molar-refractivity contribution is 0.00934. The van der Waals surface area contributed by atoms with Crippen LogP contribution in [0.2, 0.25) is 0 Å². The predicted octanol–water partition coefficient (Wildman–Crippen LogP) is 0.668. The molecule has 2 heterocycles. The van der Waals surface area contributed by atoms with Crippen LogP contribution in [0.1, 0.15) is 24.2 Å². The van der Waals surface area contributed by atoms with Crippen molar-refractivity contribution in [3.05, 3.63) is 17.5 Å². The molecule has 102 valence electrons. The van der Waals surface area contributed by atoms with Crippen molar-refractivity contribution >= 4 is 0 Å². The van der Waals surface area contributed by atoms with E-state index in [4.69, 9.17) is 10.5 Å². The molecule has 5 nitrogen and oxygen atoms in total. The fourth-order valence-electron chi connectivity index (χ4n) is 2.51. The highest BCUT2D eigenvalue weighted by Gasteiger charge is 2.20. The monoisotopic (exact) mass is 252 g/mol. The Morgan fingerprint density at radius 3 is 2.72 bits per heavy atom. The summed E-state index contributed by atoms with van der Waals surface area (Å²) in [6, 6.07) is 2.16. The summed E-state index contributed by atoms with van der Waals surface area (Å²) < 4.78 is 7.67. The van der Waals surface area contributed by atoms with Gasteiger partial charge in [-0.15, -0.1) is 0 Å². The summed E-state index contributed by atoms with van der Waals surface area (Å²) in [6.45, 7) is 6.52. The number of hydrogen-bond acceptors (Lipinski definition) is 4. The molecule has 0 amide bonds. The van der Waals surface area contributed by atoms with Gasteiger partial charge in [0.1, 0.15) is 0 Å². The van der Waals surface area contributed by atoms with E-state index in [0.717, 1.165) is 38.2 Å². The highest BCUT2D eigenvalue weighted by molar-refractivity contribution is 5.08. The van der Waals surface area contributed by atoms with Gasteiger partial charge < -0.3 is 10.5 Å². The SMILES string of the molecule is Cc1cc(CN2CCC(OCCN)CC2)n(C)n1. The van der Waals surface area contributed by atoms with Crippen LogP contribution in [0.4, 0.5) is 0 Å². The number of aryl methyl sites for hydroxylation is 2. The van der Waals surface area contributed by atoms with Gasteiger partial charge in [-0.2, -0.15) is 5.10 Å². The Labute approximate surface area is 109 Å². The minimum atomic E-state index is 0.401. The van der Waals surface area contributed by atoms with E-state index in [0.29, 0.717) is 19.3 Å². The van der Waals surface area contributed by atoms with E-state index >= 15 is 0 Å². The van der Waals surface area contributed by atoms with Crippen molar-refractivity contribution in [3.63, 3.8) is 0 Å². The van der Waals surface area contributed by atoms with E-state index < -0.39 is 0 Å². The maximum absolute atomic E-state index is 5.69. The van der Waals surface area contributed by atoms with E-state index in [9.17, 15) is 0 Å². The van der Waals surface area contributed by atoms with Crippen LogP contribution in [0.15, 0.2) is 6.07 Å². The number of hydrogen-bond donors (Lipinski definition) is 1. The lowest BCUT2D eigenvalue weighted by atomic mass is 10.1. The van der Waals surface area contributed by atoms with Gasteiger partial charge in [-0.3, -0.25) is 9.58 Å². The zero-order valence-electron chi connectivity index (χ0n) is 11.4. The fraction of sp³-hybridized carbons (Fsp3) is 0.769. The van der Waals surface area contributed by atoms with Gasteiger partial charge in [0.05, 0.1) is 24.1 Å². The van der Waals surface area contributed by atoms with Crippen molar-refractivity contribution < 1.29 is 4.74 Å². The summed E-state index contributed by atoms with van der Waals surface area (Å²) in [5.41, 5.74) is 7.83. The first kappa shape index (κ1) is 13.5. The van der Waals surface area contributed by atoms with E-state index in [-0.39, 0.29) is 0 Å². The Morgan fingerprint density at radius 1 is 1.44 bits per heavy atom. The standard InChI is InChI=1S/C13H24N4O/c1-11-9-12(16(2)15-11)10-17-6-3-13(4-7-17)18-8-5-14/h9,13H,3-8,10,14H2,1-2H3. The normalized spacial score (nSPS) is 18.4. The molecule has 1 fully saturated rings. The van der Waals surface area contributed by atoms with Crippen molar-refractivity contribution in [1.29, 1.82) is 0 Å². The lowest BCUT2D eigenvalue weighted by Crippen LogP contribution is -2.37. The maximum Gasteiger partial charge on any atom is 0.0600 e. The first-order chi connectivity index (χ1) is 8.69. The molecule has 1 saturated heterocycles. The Balaban J connectivity index is 1.78. The lowest BCUT2D eigenvalue weighted by Gasteiger charge is -2.31. The maximum atomic E-state index is 5.69. The number of piperidine rings is 1. The Kier molecular flexibility index (Phi) is 4.74. The van der Waals surface area contributed by atoms with Crippen LogP contribution in [-0.4, -0.2) is 47.0 Å². The average molecular weight is 252 g/mol. The van der Waals surface area contributed by atoms with Crippen molar-refractivity contribution in [3.8, 4) is 0 Å². The van der Waals surface area contributed by atoms with E-state index in [1.807, 2.05) is 18.7 Å². The Bertz CT molecular complexity index is 369. The molecule has 0 radical (unpaired) electrons. The van der Waals surface area contributed by atoms with Gasteiger partial charge in [-0.25, -0.2) is 0 Å². The number of nitrogens with zero attached hydrogens (tertiary/aromatic N) is 3. The largest absolute Gasteiger partial charge is 0.377 e. The molecular formula is C13H24N4O. The quantitative estimate of drug-likeness (QED) is 0.837. The number of nitrogens with two attached hydrogens (primary N) is 1. The van der Waals surface area contributed by atoms with Gasteiger partial charge in [-0.05, 0) is 25.8 Å². The topological polar surface area (TPSA) is 56.3 Å². The minimum absolute atomic E-state index is 0.401. The molecule has 0 bridgehead atoms. The van der Waals surface area contributed by atoms with Crippen LogP contribution in [0.25, 0.3) is 0 Å². The molecule has 1 aliphatic heterocycles. The zero-order chi connectivity index (χ0) is 13.0. The molecule has 0 aliphatic carbocycles. The van der Waals surface area contributed by atoms with Crippen molar-refractivity contribution in [2.75, 3.05) is 26.2 Å². The second-order valence-corrected chi connectivity index (χ2v) is 5.04. The summed E-state index contributed by atoms with van der Waals surface area (Å²) in [5.74, 6) is 0. The molecule has 1 aliphatic rings. The van der Waals surface area contributed by atoms with Gasteiger partial charge in [0.2, 0.25) is 0 Å². The minimum Gasteiger partial charge on any atom is -0.377 e. The zero-order valence-corrected chi connectivity index (χ0v) is 11.4. The molecule has 0 unspecified atom stereocenters. The second kappa shape index (κ2) is 6.31. The molecule has 5 heteroatoms. The van der Waals surface area contributed by atoms with E-state index in [1.54, 1.807) is 0 Å². The average Bonchev–Trinajstić information content (AvgIpc) is 2.67. The van der Waals surface area contributed by atoms with Crippen LogP contribution >= 0.6 is 0 Å². The third-order valence-electron chi connectivity index (χ3n) is 3.49. The first-order valence-electron chi connectivity index (χ1n) is 6.72. The summed E-state index contributed by atoms with van der Waals surface area (Å²) in [4.78, 5) is 2.47. The number of likely N-dealkylation sites (tertiary alicyclic amines) is 1. The molecule has 0 aromatic carbocycles. The van der Waals surface area contributed by atoms with Crippen LogP contribution in [0.3, 0.4) is 0 Å². The number of ether oxygens (including phenoxy) is 1. The Hall–Kier alpha value is -0.910. The van der Waals surface area contributed by atoms with Crippen LogP contribution < -0.4 is 5.73 Å². The third-order valence-corrected chi connectivity index (χ3v) is 3.49. The fourth-order valence-corrected chi connectivity index (χ4v) is 2.51.